The molecule has 4 nitrogen and oxygen atoms in total. The van der Waals surface area contributed by atoms with Crippen LogP contribution >= 0.6 is 0 Å². The van der Waals surface area contributed by atoms with Crippen LogP contribution in [-0.4, -0.2) is 19.1 Å². The van der Waals surface area contributed by atoms with Gasteiger partial charge in [0.05, 0.1) is 22.1 Å². The van der Waals surface area contributed by atoms with Crippen molar-refractivity contribution in [3.05, 3.63) is 169 Å². The summed E-state index contributed by atoms with van der Waals surface area (Å²) < 4.78 is 4.79. The molecule has 0 aliphatic heterocycles. The number of fused-ring (bicyclic) bond motifs is 12. The summed E-state index contributed by atoms with van der Waals surface area (Å²) >= 11 is 0. The molecule has 0 fully saturated rings. The molecule has 3 heterocycles. The Morgan fingerprint density at radius 1 is 0.540 bits per heavy atom. The van der Waals surface area contributed by atoms with Crippen LogP contribution in [0.15, 0.2) is 152 Å². The summed E-state index contributed by atoms with van der Waals surface area (Å²) in [6.45, 7) is 0. The van der Waals surface area contributed by atoms with Gasteiger partial charge in [0.1, 0.15) is 0 Å². The Balaban J connectivity index is 1.19. The second-order valence-electron chi connectivity index (χ2n) is 13.7. The normalized spacial score (nSPS) is 14.8. The molecule has 0 bridgehead atoms. The van der Waals surface area contributed by atoms with Crippen LogP contribution in [0.2, 0.25) is 0 Å². The molecule has 1 atom stereocenters. The first kappa shape index (κ1) is 27.7. The second-order valence-corrected chi connectivity index (χ2v) is 13.7. The van der Waals surface area contributed by atoms with Gasteiger partial charge in [-0.25, -0.2) is 9.97 Å². The van der Waals surface area contributed by atoms with Crippen LogP contribution in [0, 0.1) is 0 Å². The first-order chi connectivity index (χ1) is 24.8. The number of hydrogen-bond donors (Lipinski definition) is 0. The van der Waals surface area contributed by atoms with Gasteiger partial charge in [0.2, 0.25) is 5.95 Å². The minimum atomic E-state index is 0.461. The average Bonchev–Trinajstić information content (AvgIpc) is 3.72. The number of aromatic nitrogens is 4. The summed E-state index contributed by atoms with van der Waals surface area (Å²) in [5, 5.41) is 10.1. The van der Waals surface area contributed by atoms with Crippen molar-refractivity contribution >= 4 is 65.2 Å². The van der Waals surface area contributed by atoms with E-state index in [4.69, 9.17) is 9.97 Å². The standard InChI is InChI=1S/C46H32N4/c1-2-14-34(15-3-1)49-40-20-10-8-18-37(40)42-35-16-6-7-17-36(35)43-38-19-9-11-21-41(38)50(45(43)44(42)49)46-47-28-33-27-32(24-25-39(33)48-46)31-23-22-29-12-4-5-13-30(29)26-31/h1-23,26,28,32H,24-25,27H2. The van der Waals surface area contributed by atoms with E-state index in [0.29, 0.717) is 5.92 Å². The van der Waals surface area contributed by atoms with Crippen molar-refractivity contribution in [3.8, 4) is 11.6 Å². The Morgan fingerprint density at radius 3 is 1.88 bits per heavy atom. The van der Waals surface area contributed by atoms with Gasteiger partial charge in [-0.05, 0) is 82.1 Å². The van der Waals surface area contributed by atoms with E-state index >= 15 is 0 Å². The highest BCUT2D eigenvalue weighted by Crippen LogP contribution is 2.46. The summed E-state index contributed by atoms with van der Waals surface area (Å²) in [6, 6.07) is 52.8. The quantitative estimate of drug-likeness (QED) is 0.193. The molecular formula is C46H32N4. The zero-order chi connectivity index (χ0) is 32.8. The lowest BCUT2D eigenvalue weighted by Crippen LogP contribution is -2.16. The molecule has 0 saturated carbocycles. The Kier molecular flexibility index (Phi) is 5.88. The largest absolute Gasteiger partial charge is 0.307 e. The lowest BCUT2D eigenvalue weighted by atomic mass is 9.82. The lowest BCUT2D eigenvalue weighted by molar-refractivity contribution is 0.570. The second kappa shape index (κ2) is 10.6. The van der Waals surface area contributed by atoms with Crippen LogP contribution < -0.4 is 0 Å². The predicted octanol–water partition coefficient (Wildman–Crippen LogP) is 11.2. The van der Waals surface area contributed by atoms with Gasteiger partial charge in [0.25, 0.3) is 0 Å². The van der Waals surface area contributed by atoms with E-state index in [9.17, 15) is 0 Å². The van der Waals surface area contributed by atoms with E-state index in [0.717, 1.165) is 41.9 Å². The van der Waals surface area contributed by atoms with Crippen molar-refractivity contribution in [3.63, 3.8) is 0 Å². The van der Waals surface area contributed by atoms with Crippen LogP contribution in [-0.2, 0) is 12.8 Å². The molecule has 0 amide bonds. The van der Waals surface area contributed by atoms with Crippen molar-refractivity contribution in [1.29, 1.82) is 0 Å². The van der Waals surface area contributed by atoms with Crippen LogP contribution in [0.1, 0.15) is 29.2 Å². The molecule has 1 aliphatic carbocycles. The lowest BCUT2D eigenvalue weighted by Gasteiger charge is -2.25. The van der Waals surface area contributed by atoms with Crippen LogP contribution in [0.25, 0.3) is 76.8 Å². The molecule has 10 aromatic rings. The highest BCUT2D eigenvalue weighted by molar-refractivity contribution is 6.36. The molecule has 0 N–H and O–H groups in total. The minimum Gasteiger partial charge on any atom is -0.307 e. The molecule has 4 heteroatoms. The van der Waals surface area contributed by atoms with Crippen molar-refractivity contribution in [2.45, 2.75) is 25.2 Å². The Morgan fingerprint density at radius 2 is 1.14 bits per heavy atom. The van der Waals surface area contributed by atoms with E-state index in [1.165, 1.54) is 70.9 Å². The van der Waals surface area contributed by atoms with Gasteiger partial charge in [0.15, 0.2) is 0 Å². The maximum absolute atomic E-state index is 5.42. The molecular weight excluding hydrogens is 609 g/mol. The molecule has 0 spiro atoms. The summed E-state index contributed by atoms with van der Waals surface area (Å²) in [5.74, 6) is 1.20. The Bertz CT molecular complexity index is 2970. The van der Waals surface area contributed by atoms with Crippen molar-refractivity contribution in [2.24, 2.45) is 0 Å². The molecule has 236 valence electrons. The van der Waals surface area contributed by atoms with E-state index in [2.05, 4.69) is 161 Å². The summed E-state index contributed by atoms with van der Waals surface area (Å²) in [6.07, 6.45) is 5.07. The van der Waals surface area contributed by atoms with Crippen molar-refractivity contribution in [1.82, 2.24) is 19.1 Å². The van der Waals surface area contributed by atoms with Gasteiger partial charge < -0.3 is 4.57 Å². The fourth-order valence-corrected chi connectivity index (χ4v) is 8.80. The highest BCUT2D eigenvalue weighted by atomic mass is 15.2. The van der Waals surface area contributed by atoms with Gasteiger partial charge in [-0.3, -0.25) is 4.57 Å². The molecule has 3 aromatic heterocycles. The monoisotopic (exact) mass is 640 g/mol. The Labute approximate surface area is 288 Å². The highest BCUT2D eigenvalue weighted by Gasteiger charge is 2.27. The molecule has 50 heavy (non-hydrogen) atoms. The summed E-state index contributed by atoms with van der Waals surface area (Å²) in [5.41, 5.74) is 9.60. The van der Waals surface area contributed by atoms with E-state index in [1.54, 1.807) is 0 Å². The number of nitrogens with zero attached hydrogens (tertiary/aromatic N) is 4. The van der Waals surface area contributed by atoms with Gasteiger partial charge in [-0.1, -0.05) is 121 Å². The van der Waals surface area contributed by atoms with Gasteiger partial charge in [-0.2, -0.15) is 0 Å². The van der Waals surface area contributed by atoms with Crippen molar-refractivity contribution < 1.29 is 0 Å². The van der Waals surface area contributed by atoms with Gasteiger partial charge >= 0.3 is 0 Å². The zero-order valence-electron chi connectivity index (χ0n) is 27.4. The van der Waals surface area contributed by atoms with E-state index in [1.807, 2.05) is 0 Å². The number of benzene rings is 7. The van der Waals surface area contributed by atoms with Gasteiger partial charge in [0, 0.05) is 39.1 Å². The first-order valence-corrected chi connectivity index (χ1v) is 17.6. The third-order valence-corrected chi connectivity index (χ3v) is 11.0. The van der Waals surface area contributed by atoms with Gasteiger partial charge in [-0.15, -0.1) is 0 Å². The number of rotatable bonds is 3. The maximum atomic E-state index is 5.42. The smallest absolute Gasteiger partial charge is 0.234 e. The third kappa shape index (κ3) is 3.93. The summed E-state index contributed by atoms with van der Waals surface area (Å²) in [7, 11) is 0. The fraction of sp³-hybridized carbons (Fsp3) is 0.0870. The topological polar surface area (TPSA) is 35.6 Å². The average molecular weight is 641 g/mol. The predicted molar refractivity (Wildman–Crippen MR) is 207 cm³/mol. The molecule has 1 aliphatic rings. The minimum absolute atomic E-state index is 0.461. The molecule has 7 aromatic carbocycles. The molecule has 11 rings (SSSR count). The van der Waals surface area contributed by atoms with E-state index in [-0.39, 0.29) is 0 Å². The molecule has 0 radical (unpaired) electrons. The van der Waals surface area contributed by atoms with Crippen LogP contribution in [0.4, 0.5) is 0 Å². The maximum Gasteiger partial charge on any atom is 0.234 e. The summed E-state index contributed by atoms with van der Waals surface area (Å²) in [4.78, 5) is 10.6. The SMILES string of the molecule is c1ccc(-n2c3ccccc3c3c4ccccc4c4c5ccccc5n(-c5ncc6c(n5)CCC(c5ccc7ccccc7c5)C6)c4c32)cc1. The van der Waals surface area contributed by atoms with Crippen LogP contribution in [0.3, 0.4) is 0 Å². The first-order valence-electron chi connectivity index (χ1n) is 17.6. The number of aryl methyl sites for hydroxylation is 1. The molecule has 1 unspecified atom stereocenters. The number of para-hydroxylation sites is 3. The fourth-order valence-electron chi connectivity index (χ4n) is 8.80. The third-order valence-electron chi connectivity index (χ3n) is 11.0. The number of hydrogen-bond acceptors (Lipinski definition) is 2. The van der Waals surface area contributed by atoms with Crippen molar-refractivity contribution in [2.75, 3.05) is 0 Å². The Hall–Kier alpha value is -6.26. The zero-order valence-corrected chi connectivity index (χ0v) is 27.4. The van der Waals surface area contributed by atoms with Crippen LogP contribution in [0.5, 0.6) is 0 Å². The molecule has 0 saturated heterocycles. The van der Waals surface area contributed by atoms with E-state index < -0.39 is 0 Å².